The molecule has 0 saturated heterocycles. The maximum atomic E-state index is 6.01. The highest BCUT2D eigenvalue weighted by Gasteiger charge is 2.17. The van der Waals surface area contributed by atoms with Crippen molar-refractivity contribution in [2.24, 2.45) is 0 Å². The molecule has 4 heteroatoms. The topological polar surface area (TPSA) is 37.8 Å². The van der Waals surface area contributed by atoms with Gasteiger partial charge in [-0.25, -0.2) is 9.97 Å². The Labute approximate surface area is 109 Å². The lowest BCUT2D eigenvalue weighted by Crippen LogP contribution is -2.31. The van der Waals surface area contributed by atoms with Gasteiger partial charge in [-0.15, -0.1) is 0 Å². The molecule has 3 nitrogen and oxygen atoms in total. The summed E-state index contributed by atoms with van der Waals surface area (Å²) in [6.45, 7) is 10.6. The zero-order chi connectivity index (χ0) is 13.1. The molecule has 1 N–H and O–H groups in total. The Morgan fingerprint density at radius 3 is 2.53 bits per heavy atom. The van der Waals surface area contributed by atoms with Crippen molar-refractivity contribution in [1.29, 1.82) is 0 Å². The molecule has 1 aromatic rings. The lowest BCUT2D eigenvalue weighted by Gasteiger charge is -2.26. The molecule has 17 heavy (non-hydrogen) atoms. The van der Waals surface area contributed by atoms with Crippen LogP contribution in [0.1, 0.15) is 59.2 Å². The Balaban J connectivity index is 2.91. The van der Waals surface area contributed by atoms with Crippen LogP contribution < -0.4 is 5.32 Å². The van der Waals surface area contributed by atoms with Crippen LogP contribution in [0.5, 0.6) is 0 Å². The minimum absolute atomic E-state index is 0.0285. The molecular formula is C13H22ClN3. The van der Waals surface area contributed by atoms with Crippen LogP contribution in [0.15, 0.2) is 6.07 Å². The maximum Gasteiger partial charge on any atom is 0.135 e. The molecule has 1 rings (SSSR count). The molecule has 0 aromatic carbocycles. The zero-order valence-electron chi connectivity index (χ0n) is 11.3. The van der Waals surface area contributed by atoms with Gasteiger partial charge in [0.1, 0.15) is 16.8 Å². The van der Waals surface area contributed by atoms with Crippen LogP contribution >= 0.6 is 11.6 Å². The molecular weight excluding hydrogens is 234 g/mol. The van der Waals surface area contributed by atoms with E-state index in [1.165, 1.54) is 0 Å². The fourth-order valence-electron chi connectivity index (χ4n) is 1.79. The molecule has 0 aliphatic heterocycles. The normalized spacial score (nSPS) is 11.9. The van der Waals surface area contributed by atoms with Crippen LogP contribution in [0.4, 0.5) is 5.82 Å². The third-order valence-electron chi connectivity index (χ3n) is 2.57. The van der Waals surface area contributed by atoms with Gasteiger partial charge in [-0.3, -0.25) is 0 Å². The summed E-state index contributed by atoms with van der Waals surface area (Å²) in [5, 5.41) is 3.92. The molecule has 0 unspecified atom stereocenters. The largest absolute Gasteiger partial charge is 0.365 e. The number of nitrogens with one attached hydrogen (secondary N) is 1. The molecule has 1 heterocycles. The van der Waals surface area contributed by atoms with Crippen molar-refractivity contribution in [3.05, 3.63) is 17.0 Å². The molecule has 96 valence electrons. The molecule has 0 atom stereocenters. The van der Waals surface area contributed by atoms with E-state index in [1.54, 1.807) is 6.07 Å². The van der Waals surface area contributed by atoms with Gasteiger partial charge in [-0.1, -0.05) is 38.8 Å². The molecule has 0 aliphatic carbocycles. The number of halogens is 1. The lowest BCUT2D eigenvalue weighted by atomic mass is 9.99. The first-order valence-electron chi connectivity index (χ1n) is 6.16. The minimum Gasteiger partial charge on any atom is -0.365 e. The molecule has 0 fully saturated rings. The van der Waals surface area contributed by atoms with E-state index in [1.807, 2.05) is 0 Å². The Morgan fingerprint density at radius 2 is 2.00 bits per heavy atom. The molecule has 0 amide bonds. The van der Waals surface area contributed by atoms with Crippen LogP contribution in [-0.2, 0) is 0 Å². The number of rotatable bonds is 5. The van der Waals surface area contributed by atoms with Crippen molar-refractivity contribution < 1.29 is 0 Å². The quantitative estimate of drug-likeness (QED) is 0.800. The zero-order valence-corrected chi connectivity index (χ0v) is 12.1. The number of hydrogen-bond donors (Lipinski definition) is 1. The van der Waals surface area contributed by atoms with Crippen LogP contribution in [0, 0.1) is 0 Å². The van der Waals surface area contributed by atoms with Crippen LogP contribution in [0.3, 0.4) is 0 Å². The van der Waals surface area contributed by atoms with Gasteiger partial charge in [0.15, 0.2) is 0 Å². The van der Waals surface area contributed by atoms with E-state index >= 15 is 0 Å². The van der Waals surface area contributed by atoms with Gasteiger partial charge in [0.05, 0.1) is 0 Å². The summed E-state index contributed by atoms with van der Waals surface area (Å²) in [5.41, 5.74) is 0.0285. The van der Waals surface area contributed by atoms with Gasteiger partial charge in [0.2, 0.25) is 0 Å². The maximum absolute atomic E-state index is 6.01. The van der Waals surface area contributed by atoms with Gasteiger partial charge in [0, 0.05) is 17.5 Å². The second-order valence-corrected chi connectivity index (χ2v) is 5.73. The standard InChI is InChI=1S/C13H22ClN3/c1-6-7-13(4,5)17-11-8-10(14)15-12(16-11)9(2)3/h8-9H,6-7H2,1-5H3,(H,15,16,17). The first-order chi connectivity index (χ1) is 7.84. The van der Waals surface area contributed by atoms with E-state index in [2.05, 4.69) is 49.9 Å². The smallest absolute Gasteiger partial charge is 0.135 e. The van der Waals surface area contributed by atoms with E-state index in [0.717, 1.165) is 24.5 Å². The fraction of sp³-hybridized carbons (Fsp3) is 0.692. The van der Waals surface area contributed by atoms with Gasteiger partial charge in [-0.2, -0.15) is 0 Å². The van der Waals surface area contributed by atoms with Crippen LogP contribution in [0.2, 0.25) is 5.15 Å². The molecule has 0 bridgehead atoms. The first-order valence-corrected chi connectivity index (χ1v) is 6.54. The second kappa shape index (κ2) is 5.67. The number of nitrogens with zero attached hydrogens (tertiary/aromatic N) is 2. The Bertz CT molecular complexity index is 375. The van der Waals surface area contributed by atoms with E-state index in [-0.39, 0.29) is 11.5 Å². The third kappa shape index (κ3) is 4.50. The Morgan fingerprint density at radius 1 is 1.35 bits per heavy atom. The molecule has 1 aromatic heterocycles. The van der Waals surface area contributed by atoms with Crippen molar-refractivity contribution >= 4 is 17.4 Å². The number of anilines is 1. The third-order valence-corrected chi connectivity index (χ3v) is 2.76. The first kappa shape index (κ1) is 14.2. The van der Waals surface area contributed by atoms with Crippen molar-refractivity contribution in [2.45, 2.75) is 58.9 Å². The summed E-state index contributed by atoms with van der Waals surface area (Å²) in [7, 11) is 0. The average molecular weight is 256 g/mol. The lowest BCUT2D eigenvalue weighted by molar-refractivity contribution is 0.508. The van der Waals surface area contributed by atoms with Crippen molar-refractivity contribution in [3.8, 4) is 0 Å². The van der Waals surface area contributed by atoms with Crippen LogP contribution in [0.25, 0.3) is 0 Å². The second-order valence-electron chi connectivity index (χ2n) is 5.35. The average Bonchev–Trinajstić information content (AvgIpc) is 2.15. The molecule has 0 radical (unpaired) electrons. The number of aromatic nitrogens is 2. The van der Waals surface area contributed by atoms with Gasteiger partial charge < -0.3 is 5.32 Å². The van der Waals surface area contributed by atoms with E-state index in [0.29, 0.717) is 5.15 Å². The predicted molar refractivity (Wildman–Crippen MR) is 73.7 cm³/mol. The highest BCUT2D eigenvalue weighted by molar-refractivity contribution is 6.29. The van der Waals surface area contributed by atoms with E-state index < -0.39 is 0 Å². The summed E-state index contributed by atoms with van der Waals surface area (Å²) in [5.74, 6) is 1.88. The minimum atomic E-state index is 0.0285. The predicted octanol–water partition coefficient (Wildman–Crippen LogP) is 4.24. The van der Waals surface area contributed by atoms with E-state index in [9.17, 15) is 0 Å². The van der Waals surface area contributed by atoms with Crippen molar-refractivity contribution in [1.82, 2.24) is 9.97 Å². The van der Waals surface area contributed by atoms with Crippen molar-refractivity contribution in [3.63, 3.8) is 0 Å². The van der Waals surface area contributed by atoms with Gasteiger partial charge in [0.25, 0.3) is 0 Å². The van der Waals surface area contributed by atoms with Crippen molar-refractivity contribution in [2.75, 3.05) is 5.32 Å². The SMILES string of the molecule is CCCC(C)(C)Nc1cc(Cl)nc(C(C)C)n1. The highest BCUT2D eigenvalue weighted by atomic mass is 35.5. The number of hydrogen-bond acceptors (Lipinski definition) is 3. The Kier molecular flexibility index (Phi) is 4.75. The summed E-state index contributed by atoms with van der Waals surface area (Å²) in [6.07, 6.45) is 2.22. The molecule has 0 saturated carbocycles. The van der Waals surface area contributed by atoms with E-state index in [4.69, 9.17) is 11.6 Å². The molecule has 0 aliphatic rings. The van der Waals surface area contributed by atoms with Gasteiger partial charge >= 0.3 is 0 Å². The summed E-state index contributed by atoms with van der Waals surface area (Å²) < 4.78 is 0. The van der Waals surface area contributed by atoms with Crippen LogP contribution in [-0.4, -0.2) is 15.5 Å². The monoisotopic (exact) mass is 255 g/mol. The fourth-order valence-corrected chi connectivity index (χ4v) is 1.98. The van der Waals surface area contributed by atoms with Gasteiger partial charge in [-0.05, 0) is 20.3 Å². The summed E-state index contributed by atoms with van der Waals surface area (Å²) >= 11 is 6.01. The highest BCUT2D eigenvalue weighted by Crippen LogP contribution is 2.22. The molecule has 0 spiro atoms. The Hall–Kier alpha value is -0.830. The summed E-state index contributed by atoms with van der Waals surface area (Å²) in [6, 6.07) is 1.78. The summed E-state index contributed by atoms with van der Waals surface area (Å²) in [4.78, 5) is 8.72.